The molecule has 2 heterocycles. The average Bonchev–Trinajstić information content (AvgIpc) is 2.81. The van der Waals surface area contributed by atoms with Crippen molar-refractivity contribution >= 4 is 11.3 Å². The number of rotatable bonds is 5. The first kappa shape index (κ1) is 11.3. The molecule has 0 fully saturated rings. The topological polar surface area (TPSA) is 33.1 Å². The fourth-order valence-electron chi connectivity index (χ4n) is 1.64. The molecule has 2 aromatic rings. The predicted molar refractivity (Wildman–Crippen MR) is 66.6 cm³/mol. The van der Waals surface area contributed by atoms with Crippen LogP contribution >= 0.6 is 11.3 Å². The van der Waals surface area contributed by atoms with Crippen molar-refractivity contribution in [2.24, 2.45) is 0 Å². The van der Waals surface area contributed by atoms with E-state index in [1.54, 1.807) is 17.5 Å². The molecular weight excluding hydrogens is 218 g/mol. The molecular formula is C13H15NOS. The van der Waals surface area contributed by atoms with Gasteiger partial charge in [0.2, 0.25) is 0 Å². The first-order chi connectivity index (χ1) is 7.84. The zero-order valence-electron chi connectivity index (χ0n) is 9.04. The van der Waals surface area contributed by atoms with Gasteiger partial charge in [-0.15, -0.1) is 11.3 Å². The van der Waals surface area contributed by atoms with Gasteiger partial charge in [0, 0.05) is 23.7 Å². The molecule has 1 unspecified atom stereocenters. The Kier molecular flexibility index (Phi) is 4.08. The second kappa shape index (κ2) is 5.77. The predicted octanol–water partition coefficient (Wildman–Crippen LogP) is 2.68. The van der Waals surface area contributed by atoms with Crippen molar-refractivity contribution in [1.29, 1.82) is 0 Å². The van der Waals surface area contributed by atoms with Crippen LogP contribution in [0.5, 0.6) is 0 Å². The number of nitrogens with zero attached hydrogens (tertiary/aromatic N) is 1. The number of hydrogen-bond acceptors (Lipinski definition) is 3. The summed E-state index contributed by atoms with van der Waals surface area (Å²) in [6, 6.07) is 8.07. The number of thiophene rings is 1. The van der Waals surface area contributed by atoms with E-state index in [0.29, 0.717) is 0 Å². The molecule has 16 heavy (non-hydrogen) atoms. The van der Waals surface area contributed by atoms with Gasteiger partial charge in [-0.1, -0.05) is 12.1 Å². The van der Waals surface area contributed by atoms with E-state index in [-0.39, 0.29) is 6.10 Å². The van der Waals surface area contributed by atoms with Gasteiger partial charge in [0.15, 0.2) is 0 Å². The lowest BCUT2D eigenvalue weighted by atomic mass is 10.1. The number of aliphatic hydroxyl groups is 1. The molecule has 0 spiro atoms. The van der Waals surface area contributed by atoms with Crippen molar-refractivity contribution in [3.63, 3.8) is 0 Å². The third-order valence-electron chi connectivity index (χ3n) is 2.51. The molecule has 3 heteroatoms. The summed E-state index contributed by atoms with van der Waals surface area (Å²) in [7, 11) is 0. The summed E-state index contributed by atoms with van der Waals surface area (Å²) in [5.41, 5.74) is 1.19. The molecule has 0 saturated heterocycles. The van der Waals surface area contributed by atoms with Gasteiger partial charge >= 0.3 is 0 Å². The zero-order valence-corrected chi connectivity index (χ0v) is 9.86. The van der Waals surface area contributed by atoms with Crippen LogP contribution in [0, 0.1) is 0 Å². The minimum Gasteiger partial charge on any atom is -0.393 e. The first-order valence-corrected chi connectivity index (χ1v) is 6.32. The average molecular weight is 233 g/mol. The number of pyridine rings is 1. The van der Waals surface area contributed by atoms with Crippen molar-refractivity contribution in [1.82, 2.24) is 4.98 Å². The van der Waals surface area contributed by atoms with Crippen LogP contribution in [0.2, 0.25) is 0 Å². The molecule has 2 nitrogen and oxygen atoms in total. The van der Waals surface area contributed by atoms with E-state index < -0.39 is 0 Å². The maximum absolute atomic E-state index is 9.87. The summed E-state index contributed by atoms with van der Waals surface area (Å²) in [5.74, 6) is 0. The smallest absolute Gasteiger partial charge is 0.0591 e. The van der Waals surface area contributed by atoms with E-state index in [1.807, 2.05) is 29.8 Å². The number of aromatic nitrogens is 1. The summed E-state index contributed by atoms with van der Waals surface area (Å²) in [6.45, 7) is 0. The van der Waals surface area contributed by atoms with Gasteiger partial charge in [0.25, 0.3) is 0 Å². The Bertz CT molecular complexity index is 399. The molecule has 0 bridgehead atoms. The van der Waals surface area contributed by atoms with Gasteiger partial charge in [-0.05, 0) is 35.9 Å². The third kappa shape index (κ3) is 3.43. The largest absolute Gasteiger partial charge is 0.393 e. The minimum atomic E-state index is -0.251. The molecule has 2 aromatic heterocycles. The van der Waals surface area contributed by atoms with Crippen LogP contribution in [0.4, 0.5) is 0 Å². The van der Waals surface area contributed by atoms with Crippen molar-refractivity contribution in [2.75, 3.05) is 0 Å². The van der Waals surface area contributed by atoms with Crippen molar-refractivity contribution in [3.05, 3.63) is 52.5 Å². The van der Waals surface area contributed by atoms with Crippen molar-refractivity contribution in [3.8, 4) is 0 Å². The number of aryl methyl sites for hydroxylation is 1. The Morgan fingerprint density at radius 2 is 2.25 bits per heavy atom. The van der Waals surface area contributed by atoms with E-state index in [1.165, 1.54) is 10.4 Å². The number of hydrogen-bond donors (Lipinski definition) is 1. The highest BCUT2D eigenvalue weighted by molar-refractivity contribution is 7.09. The monoisotopic (exact) mass is 233 g/mol. The van der Waals surface area contributed by atoms with Gasteiger partial charge in [-0.2, -0.15) is 0 Å². The van der Waals surface area contributed by atoms with Crippen LogP contribution in [-0.4, -0.2) is 16.2 Å². The van der Waals surface area contributed by atoms with E-state index >= 15 is 0 Å². The fourth-order valence-corrected chi connectivity index (χ4v) is 2.42. The Labute approximate surface area is 99.6 Å². The third-order valence-corrected chi connectivity index (χ3v) is 3.40. The van der Waals surface area contributed by atoms with Gasteiger partial charge < -0.3 is 5.11 Å². The SMILES string of the molecule is OC(CCc1cccnc1)Cc1cccs1. The summed E-state index contributed by atoms with van der Waals surface area (Å²) in [6.07, 6.45) is 5.82. The van der Waals surface area contributed by atoms with Crippen LogP contribution in [-0.2, 0) is 12.8 Å². The van der Waals surface area contributed by atoms with Gasteiger partial charge in [0.05, 0.1) is 6.10 Å². The summed E-state index contributed by atoms with van der Waals surface area (Å²) >= 11 is 1.70. The van der Waals surface area contributed by atoms with E-state index in [0.717, 1.165) is 19.3 Å². The molecule has 2 rings (SSSR count). The lowest BCUT2D eigenvalue weighted by Gasteiger charge is -2.08. The normalized spacial score (nSPS) is 12.6. The second-order valence-corrected chi connectivity index (χ2v) is 4.87. The highest BCUT2D eigenvalue weighted by Crippen LogP contribution is 2.13. The maximum atomic E-state index is 9.87. The van der Waals surface area contributed by atoms with Crippen molar-refractivity contribution < 1.29 is 5.11 Å². The second-order valence-electron chi connectivity index (χ2n) is 3.84. The lowest BCUT2D eigenvalue weighted by Crippen LogP contribution is -2.10. The van der Waals surface area contributed by atoms with E-state index in [9.17, 15) is 5.11 Å². The highest BCUT2D eigenvalue weighted by atomic mass is 32.1. The van der Waals surface area contributed by atoms with Gasteiger partial charge in [0.1, 0.15) is 0 Å². The molecule has 84 valence electrons. The van der Waals surface area contributed by atoms with Crippen LogP contribution in [0.25, 0.3) is 0 Å². The van der Waals surface area contributed by atoms with Crippen molar-refractivity contribution in [2.45, 2.75) is 25.4 Å². The van der Waals surface area contributed by atoms with Gasteiger partial charge in [-0.3, -0.25) is 4.98 Å². The minimum absolute atomic E-state index is 0.251. The molecule has 0 saturated carbocycles. The zero-order chi connectivity index (χ0) is 11.2. The molecule has 0 aliphatic heterocycles. The molecule has 0 amide bonds. The lowest BCUT2D eigenvalue weighted by molar-refractivity contribution is 0.166. The summed E-state index contributed by atoms with van der Waals surface area (Å²) < 4.78 is 0. The first-order valence-electron chi connectivity index (χ1n) is 5.44. The Morgan fingerprint density at radius 3 is 2.94 bits per heavy atom. The quantitative estimate of drug-likeness (QED) is 0.861. The molecule has 0 aliphatic carbocycles. The molecule has 1 atom stereocenters. The van der Waals surface area contributed by atoms with Gasteiger partial charge in [-0.25, -0.2) is 0 Å². The van der Waals surface area contributed by atoms with Crippen LogP contribution in [0.1, 0.15) is 16.9 Å². The Morgan fingerprint density at radius 1 is 1.31 bits per heavy atom. The number of aliphatic hydroxyl groups excluding tert-OH is 1. The maximum Gasteiger partial charge on any atom is 0.0591 e. The molecule has 0 radical (unpaired) electrons. The Hall–Kier alpha value is -1.19. The van der Waals surface area contributed by atoms with E-state index in [4.69, 9.17) is 0 Å². The standard InChI is InChI=1S/C13H15NOS/c15-12(9-13-4-2-8-16-13)6-5-11-3-1-7-14-10-11/h1-4,7-8,10,12,15H,5-6,9H2. The Balaban J connectivity index is 1.78. The van der Waals surface area contributed by atoms with Crippen LogP contribution < -0.4 is 0 Å². The fraction of sp³-hybridized carbons (Fsp3) is 0.308. The molecule has 1 N–H and O–H groups in total. The van der Waals surface area contributed by atoms with Crippen LogP contribution in [0.3, 0.4) is 0 Å². The summed E-state index contributed by atoms with van der Waals surface area (Å²) in [5, 5.41) is 11.9. The highest BCUT2D eigenvalue weighted by Gasteiger charge is 2.06. The molecule has 0 aromatic carbocycles. The van der Waals surface area contributed by atoms with E-state index in [2.05, 4.69) is 11.1 Å². The molecule has 0 aliphatic rings. The van der Waals surface area contributed by atoms with Crippen LogP contribution in [0.15, 0.2) is 42.0 Å². The summed E-state index contributed by atoms with van der Waals surface area (Å²) in [4.78, 5) is 5.31.